The summed E-state index contributed by atoms with van der Waals surface area (Å²) in [5.41, 5.74) is 0.266. The molecule has 0 heterocycles. The Bertz CT molecular complexity index is 716. The van der Waals surface area contributed by atoms with E-state index in [4.69, 9.17) is 26.2 Å². The van der Waals surface area contributed by atoms with Crippen LogP contribution in [0, 0.1) is 5.82 Å². The molecule has 1 N–H and O–H groups in total. The van der Waals surface area contributed by atoms with Gasteiger partial charge in [-0.1, -0.05) is 17.7 Å². The van der Waals surface area contributed by atoms with E-state index in [2.05, 4.69) is 15.9 Å². The number of carboxylic acids is 1. The van der Waals surface area contributed by atoms with E-state index < -0.39 is 11.8 Å². The molecule has 0 aliphatic rings. The molecule has 0 aliphatic carbocycles. The van der Waals surface area contributed by atoms with Crippen molar-refractivity contribution in [2.45, 2.75) is 13.5 Å². The van der Waals surface area contributed by atoms with Gasteiger partial charge in [0.1, 0.15) is 12.4 Å². The minimum atomic E-state index is -1.09. The standard InChI is InChI=1S/C16H13BrClFO4/c1-2-22-14-7-9(16(20)21)6-11(17)15(14)23-8-10-12(18)4-3-5-13(10)19/h3-7H,2,8H2,1H3,(H,20,21). The average molecular weight is 404 g/mol. The molecule has 4 nitrogen and oxygen atoms in total. The van der Waals surface area contributed by atoms with Gasteiger partial charge in [0.05, 0.1) is 21.7 Å². The fourth-order valence-electron chi connectivity index (χ4n) is 1.91. The molecule has 0 unspecified atom stereocenters. The van der Waals surface area contributed by atoms with Crippen molar-refractivity contribution in [3.63, 3.8) is 0 Å². The van der Waals surface area contributed by atoms with E-state index in [0.29, 0.717) is 11.1 Å². The molecule has 2 aromatic rings. The molecule has 2 rings (SSSR count). The fourth-order valence-corrected chi connectivity index (χ4v) is 2.68. The lowest BCUT2D eigenvalue weighted by Crippen LogP contribution is -2.05. The second-order valence-corrected chi connectivity index (χ2v) is 5.77. The first-order valence-electron chi connectivity index (χ1n) is 6.69. The zero-order valence-corrected chi connectivity index (χ0v) is 14.4. The van der Waals surface area contributed by atoms with Crippen LogP contribution in [0.3, 0.4) is 0 Å². The summed E-state index contributed by atoms with van der Waals surface area (Å²) in [6.07, 6.45) is 0. The van der Waals surface area contributed by atoms with Crippen molar-refractivity contribution in [1.29, 1.82) is 0 Å². The third-order valence-corrected chi connectivity index (χ3v) is 3.92. The van der Waals surface area contributed by atoms with Crippen LogP contribution in [0.2, 0.25) is 5.02 Å². The number of benzene rings is 2. The maximum Gasteiger partial charge on any atom is 0.335 e. The van der Waals surface area contributed by atoms with Gasteiger partial charge in [-0.3, -0.25) is 0 Å². The largest absolute Gasteiger partial charge is 0.490 e. The van der Waals surface area contributed by atoms with Crippen LogP contribution in [0.4, 0.5) is 4.39 Å². The van der Waals surface area contributed by atoms with Crippen molar-refractivity contribution in [1.82, 2.24) is 0 Å². The number of aromatic carboxylic acids is 1. The van der Waals surface area contributed by atoms with Gasteiger partial charge in [0.2, 0.25) is 0 Å². The van der Waals surface area contributed by atoms with Crippen LogP contribution in [0.1, 0.15) is 22.8 Å². The zero-order chi connectivity index (χ0) is 17.0. The minimum Gasteiger partial charge on any atom is -0.490 e. The lowest BCUT2D eigenvalue weighted by atomic mass is 10.2. The van der Waals surface area contributed by atoms with Crippen LogP contribution >= 0.6 is 27.5 Å². The molecule has 23 heavy (non-hydrogen) atoms. The summed E-state index contributed by atoms with van der Waals surface area (Å²) >= 11 is 9.21. The minimum absolute atomic E-state index is 0.0524. The van der Waals surface area contributed by atoms with Crippen LogP contribution in [-0.4, -0.2) is 17.7 Å². The highest BCUT2D eigenvalue weighted by Crippen LogP contribution is 2.38. The van der Waals surface area contributed by atoms with Gasteiger partial charge in [-0.2, -0.15) is 0 Å². The number of hydrogen-bond donors (Lipinski definition) is 1. The molecule has 0 spiro atoms. The monoisotopic (exact) mass is 402 g/mol. The smallest absolute Gasteiger partial charge is 0.335 e. The van der Waals surface area contributed by atoms with Gasteiger partial charge in [0.25, 0.3) is 0 Å². The molecule has 0 aromatic heterocycles. The quantitative estimate of drug-likeness (QED) is 0.744. The van der Waals surface area contributed by atoms with Gasteiger partial charge >= 0.3 is 5.97 Å². The van der Waals surface area contributed by atoms with E-state index in [9.17, 15) is 9.18 Å². The van der Waals surface area contributed by atoms with Crippen molar-refractivity contribution in [2.24, 2.45) is 0 Å². The Morgan fingerprint density at radius 1 is 1.35 bits per heavy atom. The van der Waals surface area contributed by atoms with E-state index in [0.717, 1.165) is 0 Å². The Labute approximate surface area is 145 Å². The summed E-state index contributed by atoms with van der Waals surface area (Å²) in [6, 6.07) is 7.11. The molecular formula is C16H13BrClFO4. The fraction of sp³-hybridized carbons (Fsp3) is 0.188. The van der Waals surface area contributed by atoms with Crippen molar-refractivity contribution < 1.29 is 23.8 Å². The van der Waals surface area contributed by atoms with E-state index in [1.165, 1.54) is 24.3 Å². The molecule has 2 aromatic carbocycles. The van der Waals surface area contributed by atoms with Crippen molar-refractivity contribution in [3.05, 3.63) is 56.8 Å². The highest BCUT2D eigenvalue weighted by Gasteiger charge is 2.17. The molecule has 0 atom stereocenters. The number of rotatable bonds is 6. The van der Waals surface area contributed by atoms with Gasteiger partial charge < -0.3 is 14.6 Å². The normalized spacial score (nSPS) is 10.4. The molecule has 0 radical (unpaired) electrons. The van der Waals surface area contributed by atoms with E-state index >= 15 is 0 Å². The van der Waals surface area contributed by atoms with Gasteiger partial charge in [-0.05, 0) is 47.1 Å². The van der Waals surface area contributed by atoms with Gasteiger partial charge in [0.15, 0.2) is 11.5 Å². The molecule has 0 saturated heterocycles. The summed E-state index contributed by atoms with van der Waals surface area (Å²) in [5.74, 6) is -1.02. The first-order chi connectivity index (χ1) is 10.9. The van der Waals surface area contributed by atoms with E-state index in [-0.39, 0.29) is 34.3 Å². The Balaban J connectivity index is 2.33. The number of carboxylic acid groups (broad SMARTS) is 1. The van der Waals surface area contributed by atoms with E-state index in [1.807, 2.05) is 0 Å². The van der Waals surface area contributed by atoms with Crippen LogP contribution in [-0.2, 0) is 6.61 Å². The van der Waals surface area contributed by atoms with Crippen LogP contribution in [0.15, 0.2) is 34.8 Å². The highest BCUT2D eigenvalue weighted by atomic mass is 79.9. The highest BCUT2D eigenvalue weighted by molar-refractivity contribution is 9.10. The Morgan fingerprint density at radius 3 is 2.70 bits per heavy atom. The van der Waals surface area contributed by atoms with Gasteiger partial charge in [0, 0.05) is 5.56 Å². The van der Waals surface area contributed by atoms with Crippen molar-refractivity contribution in [2.75, 3.05) is 6.61 Å². The van der Waals surface area contributed by atoms with Gasteiger partial charge in [-0.25, -0.2) is 9.18 Å². The third kappa shape index (κ3) is 4.14. The molecule has 0 saturated carbocycles. The third-order valence-electron chi connectivity index (χ3n) is 2.98. The van der Waals surface area contributed by atoms with Crippen LogP contribution in [0.25, 0.3) is 0 Å². The number of ether oxygens (including phenoxy) is 2. The topological polar surface area (TPSA) is 55.8 Å². The van der Waals surface area contributed by atoms with Crippen molar-refractivity contribution in [3.8, 4) is 11.5 Å². The lowest BCUT2D eigenvalue weighted by molar-refractivity contribution is 0.0696. The van der Waals surface area contributed by atoms with E-state index in [1.54, 1.807) is 13.0 Å². The first-order valence-corrected chi connectivity index (χ1v) is 7.86. The summed E-state index contributed by atoms with van der Waals surface area (Å²) < 4.78 is 25.2. The summed E-state index contributed by atoms with van der Waals surface area (Å²) in [6.45, 7) is 1.97. The molecule has 7 heteroatoms. The molecule has 0 fully saturated rings. The molecule has 0 amide bonds. The second kappa shape index (κ2) is 7.66. The summed E-state index contributed by atoms with van der Waals surface area (Å²) in [5, 5.41) is 9.34. The van der Waals surface area contributed by atoms with Crippen LogP contribution < -0.4 is 9.47 Å². The molecular weight excluding hydrogens is 391 g/mol. The predicted octanol–water partition coefficient (Wildman–Crippen LogP) is 4.92. The number of halogens is 3. The van der Waals surface area contributed by atoms with Crippen molar-refractivity contribution >= 4 is 33.5 Å². The second-order valence-electron chi connectivity index (χ2n) is 4.51. The average Bonchev–Trinajstić information content (AvgIpc) is 2.48. The Morgan fingerprint density at radius 2 is 2.09 bits per heavy atom. The molecule has 122 valence electrons. The number of carbonyl (C=O) groups is 1. The Kier molecular flexibility index (Phi) is 5.85. The van der Waals surface area contributed by atoms with Crippen LogP contribution in [0.5, 0.6) is 11.5 Å². The summed E-state index contributed by atoms with van der Waals surface area (Å²) in [4.78, 5) is 11.1. The zero-order valence-electron chi connectivity index (χ0n) is 12.1. The van der Waals surface area contributed by atoms with Gasteiger partial charge in [-0.15, -0.1) is 0 Å². The Hall–Kier alpha value is -1.79. The predicted molar refractivity (Wildman–Crippen MR) is 88.0 cm³/mol. The molecule has 0 bridgehead atoms. The molecule has 0 aliphatic heterocycles. The maximum atomic E-state index is 13.8. The lowest BCUT2D eigenvalue weighted by Gasteiger charge is -2.15. The SMILES string of the molecule is CCOc1cc(C(=O)O)cc(Br)c1OCc1c(F)cccc1Cl. The first kappa shape index (κ1) is 17.6. The number of hydrogen-bond acceptors (Lipinski definition) is 3. The maximum absolute atomic E-state index is 13.8. The summed E-state index contributed by atoms with van der Waals surface area (Å²) in [7, 11) is 0.